The number of carboxylic acid groups (broad SMARTS) is 1. The van der Waals surface area contributed by atoms with Crippen LogP contribution in [0.4, 0.5) is 0 Å². The number of phenolic OH excluding ortho intramolecular Hbond substituents is 1. The van der Waals surface area contributed by atoms with E-state index < -0.39 is 98.0 Å². The highest BCUT2D eigenvalue weighted by Gasteiger charge is 2.51. The molecule has 2 heterocycles. The fourth-order valence-corrected chi connectivity index (χ4v) is 4.47. The Bertz CT molecular complexity index is 1110. The van der Waals surface area contributed by atoms with E-state index in [4.69, 9.17) is 24.1 Å². The number of Topliss-reactive ketones (excluding diaryl/α,β-unsaturated/α-hetero) is 1. The summed E-state index contributed by atoms with van der Waals surface area (Å²) in [5.74, 6) is -3.39. The fraction of sp³-hybridized carbons (Fsp3) is 0.560. The van der Waals surface area contributed by atoms with Crippen molar-refractivity contribution in [2.75, 3.05) is 13.2 Å². The summed E-state index contributed by atoms with van der Waals surface area (Å²) in [5.41, 5.74) is -1.96. The lowest BCUT2D eigenvalue weighted by Crippen LogP contribution is -2.61. The molecule has 14 heteroatoms. The molecule has 2 aliphatic heterocycles. The molecule has 1 aromatic carbocycles. The van der Waals surface area contributed by atoms with Crippen LogP contribution in [-0.4, -0.2) is 109 Å². The van der Waals surface area contributed by atoms with Crippen LogP contribution < -0.4 is 4.74 Å². The third kappa shape index (κ3) is 6.55. The zero-order valence-corrected chi connectivity index (χ0v) is 21.2. The molecule has 1 fully saturated rings. The molecule has 0 amide bonds. The van der Waals surface area contributed by atoms with Crippen LogP contribution in [-0.2, 0) is 23.8 Å². The van der Waals surface area contributed by atoms with Gasteiger partial charge in [0.05, 0.1) is 42.8 Å². The number of esters is 1. The van der Waals surface area contributed by atoms with E-state index in [1.54, 1.807) is 0 Å². The Kier molecular flexibility index (Phi) is 9.33. The number of aliphatic hydroxyl groups excluding tert-OH is 4. The molecule has 0 aromatic heterocycles. The largest absolute Gasteiger partial charge is 0.507 e. The molecule has 216 valence electrons. The molecule has 7 N–H and O–H groups in total. The van der Waals surface area contributed by atoms with Gasteiger partial charge in [0, 0.05) is 0 Å². The van der Waals surface area contributed by atoms with Crippen molar-refractivity contribution in [3.8, 4) is 11.5 Å². The Balaban J connectivity index is 1.90. The average Bonchev–Trinajstić information content (AvgIpc) is 3.20. The number of ether oxygens (including phenoxy) is 4. The number of phenols is 1. The van der Waals surface area contributed by atoms with Gasteiger partial charge in [-0.15, -0.1) is 0 Å². The first-order valence-electron chi connectivity index (χ1n) is 11.9. The zero-order chi connectivity index (χ0) is 29.2. The number of aliphatic carboxylic acids is 1. The normalized spacial score (nSPS) is 29.6. The summed E-state index contributed by atoms with van der Waals surface area (Å²) >= 11 is 0. The molecule has 8 atom stereocenters. The minimum absolute atomic E-state index is 0.0111. The molecule has 3 unspecified atom stereocenters. The van der Waals surface area contributed by atoms with Gasteiger partial charge in [-0.25, -0.2) is 0 Å². The van der Waals surface area contributed by atoms with Crippen molar-refractivity contribution in [2.24, 2.45) is 0 Å². The van der Waals surface area contributed by atoms with Crippen molar-refractivity contribution in [1.82, 2.24) is 0 Å². The topological polar surface area (TPSA) is 230 Å². The SMILES string of the molecule is C=C(CO)C1Oc2ccc(C(C)=O)c(O)c2C1O[C@@H]1O[C@H](CO)[C@@H](O)[C@H](OC(=O)CC(C)(O)CC(=O)O)[C@H]1O. The predicted octanol–water partition coefficient (Wildman–Crippen LogP) is -1.07. The standard InChI is InChI=1S/C25H32O14/c1-10(8-26)21-22(17-13(36-21)5-4-12(11(2)28)18(17)32)39-24-20(34)23(19(33)14(9-27)37-24)38-16(31)7-25(3,35)6-15(29)30/h4-5,14,19-24,26-27,32-35H,1,6-9H2,2-3H3,(H,29,30)/t14-,19-,20-,21?,22?,23+,24+,25?/m1/s1. The van der Waals surface area contributed by atoms with Crippen molar-refractivity contribution < 1.29 is 69.1 Å². The van der Waals surface area contributed by atoms with E-state index in [0.717, 1.165) is 6.92 Å². The highest BCUT2D eigenvalue weighted by atomic mass is 16.7. The Hall–Kier alpha value is -3.11. The number of hydrogen-bond donors (Lipinski definition) is 7. The molecule has 39 heavy (non-hydrogen) atoms. The van der Waals surface area contributed by atoms with Gasteiger partial charge in [0.1, 0.15) is 35.9 Å². The molecule has 3 rings (SSSR count). The van der Waals surface area contributed by atoms with Crippen LogP contribution >= 0.6 is 0 Å². The number of carboxylic acids is 1. The van der Waals surface area contributed by atoms with E-state index in [0.29, 0.717) is 0 Å². The molecule has 1 aromatic rings. The summed E-state index contributed by atoms with van der Waals surface area (Å²) in [4.78, 5) is 35.4. The number of benzene rings is 1. The summed E-state index contributed by atoms with van der Waals surface area (Å²) in [5, 5.41) is 70.8. The van der Waals surface area contributed by atoms with Gasteiger partial charge in [0.2, 0.25) is 0 Å². The maximum Gasteiger partial charge on any atom is 0.309 e. The van der Waals surface area contributed by atoms with Gasteiger partial charge in [-0.05, 0) is 31.6 Å². The van der Waals surface area contributed by atoms with Crippen molar-refractivity contribution >= 4 is 17.7 Å². The quantitative estimate of drug-likeness (QED) is 0.0978. The fourth-order valence-electron chi connectivity index (χ4n) is 4.47. The number of aromatic hydroxyl groups is 1. The van der Waals surface area contributed by atoms with Gasteiger partial charge < -0.3 is 54.7 Å². The van der Waals surface area contributed by atoms with Crippen molar-refractivity contribution in [3.63, 3.8) is 0 Å². The number of ketones is 1. The molecule has 0 saturated carbocycles. The van der Waals surface area contributed by atoms with Crippen molar-refractivity contribution in [2.45, 2.75) is 75.2 Å². The summed E-state index contributed by atoms with van der Waals surface area (Å²) in [7, 11) is 0. The van der Waals surface area contributed by atoms with Crippen LogP contribution in [0.25, 0.3) is 0 Å². The minimum atomic E-state index is -2.00. The smallest absolute Gasteiger partial charge is 0.309 e. The predicted molar refractivity (Wildman–Crippen MR) is 128 cm³/mol. The highest BCUT2D eigenvalue weighted by Crippen LogP contribution is 2.48. The van der Waals surface area contributed by atoms with Crippen LogP contribution in [0.1, 0.15) is 48.7 Å². The van der Waals surface area contributed by atoms with E-state index in [-0.39, 0.29) is 22.4 Å². The third-order valence-electron chi connectivity index (χ3n) is 6.40. The Morgan fingerprint density at radius 1 is 1.13 bits per heavy atom. The monoisotopic (exact) mass is 556 g/mol. The molecule has 0 bridgehead atoms. The second kappa shape index (κ2) is 12.0. The highest BCUT2D eigenvalue weighted by molar-refractivity contribution is 5.97. The lowest BCUT2D eigenvalue weighted by atomic mass is 9.95. The summed E-state index contributed by atoms with van der Waals surface area (Å²) in [6.07, 6.45) is -12.6. The van der Waals surface area contributed by atoms with Gasteiger partial charge in [-0.3, -0.25) is 14.4 Å². The first kappa shape index (κ1) is 30.4. The lowest BCUT2D eigenvalue weighted by molar-refractivity contribution is -0.316. The summed E-state index contributed by atoms with van der Waals surface area (Å²) < 4.78 is 22.3. The van der Waals surface area contributed by atoms with Crippen LogP contribution in [0.5, 0.6) is 11.5 Å². The lowest BCUT2D eigenvalue weighted by Gasteiger charge is -2.42. The Labute approximate surface area is 222 Å². The molecule has 14 nitrogen and oxygen atoms in total. The molecule has 2 aliphatic rings. The average molecular weight is 557 g/mol. The number of hydrogen-bond acceptors (Lipinski definition) is 13. The van der Waals surface area contributed by atoms with Crippen LogP contribution in [0.15, 0.2) is 24.3 Å². The van der Waals surface area contributed by atoms with Crippen LogP contribution in [0.2, 0.25) is 0 Å². The van der Waals surface area contributed by atoms with E-state index in [2.05, 4.69) is 6.58 Å². The third-order valence-corrected chi connectivity index (χ3v) is 6.40. The van der Waals surface area contributed by atoms with E-state index in [1.165, 1.54) is 19.1 Å². The van der Waals surface area contributed by atoms with Gasteiger partial charge in [-0.1, -0.05) is 6.58 Å². The molecule has 0 spiro atoms. The Morgan fingerprint density at radius 2 is 1.79 bits per heavy atom. The van der Waals surface area contributed by atoms with E-state index in [9.17, 15) is 45.0 Å². The first-order chi connectivity index (χ1) is 18.2. The van der Waals surface area contributed by atoms with Crippen molar-refractivity contribution in [3.05, 3.63) is 35.4 Å². The Morgan fingerprint density at radius 3 is 2.36 bits per heavy atom. The molecule has 1 saturated heterocycles. The van der Waals surface area contributed by atoms with Crippen LogP contribution in [0.3, 0.4) is 0 Å². The zero-order valence-electron chi connectivity index (χ0n) is 21.2. The molecule has 0 radical (unpaired) electrons. The summed E-state index contributed by atoms with van der Waals surface area (Å²) in [6.45, 7) is 4.68. The van der Waals surface area contributed by atoms with Gasteiger partial charge >= 0.3 is 11.9 Å². The van der Waals surface area contributed by atoms with E-state index in [1.807, 2.05) is 0 Å². The number of aliphatic hydroxyl groups is 5. The van der Waals surface area contributed by atoms with Gasteiger partial charge in [-0.2, -0.15) is 0 Å². The second-order valence-corrected chi connectivity index (χ2v) is 9.75. The molecular weight excluding hydrogens is 524 g/mol. The number of carbonyl (C=O) groups is 3. The summed E-state index contributed by atoms with van der Waals surface area (Å²) in [6, 6.07) is 2.73. The van der Waals surface area contributed by atoms with Crippen molar-refractivity contribution in [1.29, 1.82) is 0 Å². The number of rotatable bonds is 11. The van der Waals surface area contributed by atoms with E-state index >= 15 is 0 Å². The maximum atomic E-state index is 12.5. The van der Waals surface area contributed by atoms with Gasteiger partial charge in [0.25, 0.3) is 0 Å². The van der Waals surface area contributed by atoms with Gasteiger partial charge in [0.15, 0.2) is 24.3 Å². The molecule has 0 aliphatic carbocycles. The maximum absolute atomic E-state index is 12.5. The number of carbonyl (C=O) groups excluding carboxylic acids is 2. The second-order valence-electron chi connectivity index (χ2n) is 9.75. The molecular formula is C25H32O14. The number of fused-ring (bicyclic) bond motifs is 1. The minimum Gasteiger partial charge on any atom is -0.507 e. The first-order valence-corrected chi connectivity index (χ1v) is 11.9. The van der Waals surface area contributed by atoms with Crippen LogP contribution in [0, 0.1) is 0 Å².